The molecule has 2 nitrogen and oxygen atoms in total. The van der Waals surface area contributed by atoms with Crippen molar-refractivity contribution in [2.75, 3.05) is 13.7 Å². The number of aliphatic hydroxyl groups is 1. The van der Waals surface area contributed by atoms with Crippen LogP contribution in [0, 0.1) is 0 Å². The number of hydrogen-bond donors (Lipinski definition) is 2. The molecule has 23 heavy (non-hydrogen) atoms. The average molecular weight is 340 g/mol. The van der Waals surface area contributed by atoms with Gasteiger partial charge in [-0.05, 0) is 37.4 Å². The van der Waals surface area contributed by atoms with E-state index >= 15 is 0 Å². The first-order valence-electron chi connectivity index (χ1n) is 8.86. The van der Waals surface area contributed by atoms with Crippen molar-refractivity contribution in [2.45, 2.75) is 65.8 Å². The van der Waals surface area contributed by atoms with Gasteiger partial charge in [0.2, 0.25) is 0 Å². The highest BCUT2D eigenvalue weighted by atomic mass is 32.1. The van der Waals surface area contributed by atoms with Gasteiger partial charge < -0.3 is 10.4 Å². The van der Waals surface area contributed by atoms with Crippen molar-refractivity contribution in [3.05, 3.63) is 40.6 Å². The normalized spacial score (nSPS) is 11.7. The smallest absolute Gasteiger partial charge is 0.0436 e. The second-order valence-electron chi connectivity index (χ2n) is 5.16. The number of unbranched alkanes of at least 4 members (excludes halogenated alkanes) is 2. The van der Waals surface area contributed by atoms with Crippen LogP contribution in [0.5, 0.6) is 0 Å². The van der Waals surface area contributed by atoms with Crippen molar-refractivity contribution in [3.63, 3.8) is 0 Å². The van der Waals surface area contributed by atoms with E-state index in [1.807, 2.05) is 7.05 Å². The second kappa shape index (κ2) is 21.1. The second-order valence-corrected chi connectivity index (χ2v) is 6.14. The third-order valence-corrected chi connectivity index (χ3v) is 3.52. The van der Waals surface area contributed by atoms with Gasteiger partial charge in [0.15, 0.2) is 0 Å². The fraction of sp³-hybridized carbons (Fsp3) is 0.600. The lowest BCUT2D eigenvalue weighted by Gasteiger charge is -2.04. The van der Waals surface area contributed by atoms with Gasteiger partial charge in [-0.3, -0.25) is 0 Å². The van der Waals surface area contributed by atoms with Crippen LogP contribution in [0.4, 0.5) is 0 Å². The maximum atomic E-state index is 8.20. The number of likely N-dealkylation sites (N-methyl/N-ethyl adjacent to an activating group) is 1. The molecule has 0 saturated carbocycles. The highest BCUT2D eigenvalue weighted by molar-refractivity contribution is 7.10. The molecule has 0 radical (unpaired) electrons. The zero-order valence-electron chi connectivity index (χ0n) is 15.7. The van der Waals surface area contributed by atoms with Crippen LogP contribution in [0.25, 0.3) is 6.08 Å². The Kier molecular flexibility index (Phi) is 22.3. The van der Waals surface area contributed by atoms with E-state index in [4.69, 9.17) is 5.11 Å². The van der Waals surface area contributed by atoms with Crippen molar-refractivity contribution < 1.29 is 5.11 Å². The molecule has 0 spiro atoms. The summed E-state index contributed by atoms with van der Waals surface area (Å²) < 4.78 is 0. The van der Waals surface area contributed by atoms with Gasteiger partial charge in [-0.15, -0.1) is 11.3 Å². The number of rotatable bonds is 8. The van der Waals surface area contributed by atoms with E-state index in [-0.39, 0.29) is 0 Å². The Bertz CT molecular complexity index is 354. The van der Waals surface area contributed by atoms with E-state index in [1.54, 1.807) is 11.3 Å². The Labute approximate surface area is 148 Å². The Balaban J connectivity index is 0. The van der Waals surface area contributed by atoms with Crippen LogP contribution in [0.1, 0.15) is 64.7 Å². The predicted octanol–water partition coefficient (Wildman–Crippen LogP) is 5.90. The number of nitrogens with one attached hydrogen (secondary N) is 1. The van der Waals surface area contributed by atoms with Crippen LogP contribution in [0.2, 0.25) is 0 Å². The Hall–Kier alpha value is -0.900. The van der Waals surface area contributed by atoms with Crippen LogP contribution in [0.15, 0.2) is 35.7 Å². The minimum atomic E-state index is 0.344. The summed E-state index contributed by atoms with van der Waals surface area (Å²) in [7, 11) is 1.98. The maximum Gasteiger partial charge on any atom is 0.0436 e. The van der Waals surface area contributed by atoms with Gasteiger partial charge in [-0.25, -0.2) is 0 Å². The first-order valence-corrected chi connectivity index (χ1v) is 9.74. The molecule has 1 unspecified atom stereocenters. The molecule has 0 bridgehead atoms. The van der Waals surface area contributed by atoms with E-state index in [2.05, 4.69) is 74.8 Å². The minimum Gasteiger partial charge on any atom is -0.396 e. The highest BCUT2D eigenvalue weighted by Crippen LogP contribution is 2.10. The lowest BCUT2D eigenvalue weighted by atomic mass is 10.2. The number of thiophene rings is 1. The molecule has 0 aromatic carbocycles. The molecule has 134 valence electrons. The fourth-order valence-electron chi connectivity index (χ4n) is 1.49. The maximum absolute atomic E-state index is 8.20. The van der Waals surface area contributed by atoms with Crippen molar-refractivity contribution in [3.8, 4) is 0 Å². The molecule has 0 fully saturated rings. The molecule has 1 aromatic heterocycles. The summed E-state index contributed by atoms with van der Waals surface area (Å²) in [4.78, 5) is 1.30. The van der Waals surface area contributed by atoms with Gasteiger partial charge in [0.25, 0.3) is 0 Å². The van der Waals surface area contributed by atoms with Crippen molar-refractivity contribution >= 4 is 17.4 Å². The molecule has 0 aliphatic heterocycles. The summed E-state index contributed by atoms with van der Waals surface area (Å²) in [6.45, 7) is 8.87. The summed E-state index contributed by atoms with van der Waals surface area (Å²) in [5.41, 5.74) is 0. The van der Waals surface area contributed by atoms with Crippen molar-refractivity contribution in [1.29, 1.82) is 0 Å². The quantitative estimate of drug-likeness (QED) is 0.456. The van der Waals surface area contributed by atoms with Crippen LogP contribution >= 0.6 is 11.3 Å². The lowest BCUT2D eigenvalue weighted by Crippen LogP contribution is -2.19. The monoisotopic (exact) mass is 339 g/mol. The molecule has 0 aliphatic rings. The third-order valence-electron chi connectivity index (χ3n) is 2.69. The number of allylic oxidation sites excluding steroid dienone is 1. The molecular formula is C20H37NOS. The van der Waals surface area contributed by atoms with Crippen LogP contribution < -0.4 is 5.32 Å². The van der Waals surface area contributed by atoms with Crippen molar-refractivity contribution in [1.82, 2.24) is 5.32 Å². The van der Waals surface area contributed by atoms with Gasteiger partial charge in [0, 0.05) is 17.5 Å². The zero-order chi connectivity index (χ0) is 17.8. The number of aliphatic hydroxyl groups excluding tert-OH is 1. The standard InChI is InChI=1S/C12H17NS.C5H12O.C3H8/c1-3-4-6-11(13-2)8-9-12-7-5-10-14-12;1-2-3-4-5-6;1-3-2/h4-11,13H,3H2,1-2H3;6H,2-5H2,1H3;3H2,1-2H3/b6-4-,9-8+;;. The highest BCUT2D eigenvalue weighted by Gasteiger charge is 1.94. The molecule has 0 saturated heterocycles. The lowest BCUT2D eigenvalue weighted by molar-refractivity contribution is 0.284. The van der Waals surface area contributed by atoms with E-state index in [1.165, 1.54) is 17.7 Å². The van der Waals surface area contributed by atoms with E-state index < -0.39 is 0 Å². The predicted molar refractivity (Wildman–Crippen MR) is 108 cm³/mol. The molecule has 1 atom stereocenters. The molecule has 2 N–H and O–H groups in total. The molecule has 0 aliphatic carbocycles. The molecule has 0 amide bonds. The van der Waals surface area contributed by atoms with Crippen molar-refractivity contribution in [2.24, 2.45) is 0 Å². The van der Waals surface area contributed by atoms with Gasteiger partial charge in [-0.2, -0.15) is 0 Å². The molecule has 1 aromatic rings. The Morgan fingerprint density at radius 2 is 1.87 bits per heavy atom. The third kappa shape index (κ3) is 19.1. The van der Waals surface area contributed by atoms with Gasteiger partial charge >= 0.3 is 0 Å². The summed E-state index contributed by atoms with van der Waals surface area (Å²) in [5.74, 6) is 0. The Morgan fingerprint density at radius 1 is 1.17 bits per heavy atom. The summed E-state index contributed by atoms with van der Waals surface area (Å²) in [6, 6.07) is 4.54. The topological polar surface area (TPSA) is 32.3 Å². The van der Waals surface area contributed by atoms with Crippen LogP contribution in [-0.2, 0) is 0 Å². The fourth-order valence-corrected chi connectivity index (χ4v) is 2.11. The molecule has 3 heteroatoms. The first-order chi connectivity index (χ1) is 11.2. The minimum absolute atomic E-state index is 0.344. The van der Waals surface area contributed by atoms with Crippen LogP contribution in [0.3, 0.4) is 0 Å². The molecule has 1 heterocycles. The van der Waals surface area contributed by atoms with E-state index in [0.717, 1.165) is 19.3 Å². The molecular weight excluding hydrogens is 302 g/mol. The van der Waals surface area contributed by atoms with Gasteiger partial charge in [0.05, 0.1) is 0 Å². The first kappa shape index (κ1) is 24.4. The van der Waals surface area contributed by atoms with Crippen LogP contribution in [-0.4, -0.2) is 24.8 Å². The Morgan fingerprint density at radius 3 is 2.26 bits per heavy atom. The summed E-state index contributed by atoms with van der Waals surface area (Å²) in [5, 5.41) is 13.5. The summed E-state index contributed by atoms with van der Waals surface area (Å²) >= 11 is 1.76. The summed E-state index contributed by atoms with van der Waals surface area (Å²) in [6.07, 6.45) is 14.4. The van der Waals surface area contributed by atoms with E-state index in [9.17, 15) is 0 Å². The van der Waals surface area contributed by atoms with Gasteiger partial charge in [-0.1, -0.05) is 71.3 Å². The van der Waals surface area contributed by atoms with E-state index in [0.29, 0.717) is 12.6 Å². The largest absolute Gasteiger partial charge is 0.396 e. The average Bonchev–Trinajstić information content (AvgIpc) is 3.08. The van der Waals surface area contributed by atoms with Gasteiger partial charge in [0.1, 0.15) is 0 Å². The number of hydrogen-bond acceptors (Lipinski definition) is 3. The molecule has 1 rings (SSSR count). The zero-order valence-corrected chi connectivity index (χ0v) is 16.5. The SMILES string of the molecule is CC/C=C\C(/C=C/c1cccs1)NC.CCC.CCCCCO.